The van der Waals surface area contributed by atoms with Crippen LogP contribution in [0.15, 0.2) is 35.7 Å². The first kappa shape index (κ1) is 17.1. The number of ether oxygens (including phenoxy) is 1. The van der Waals surface area contributed by atoms with Gasteiger partial charge < -0.3 is 14.6 Å². The standard InChI is InChI=1S/C20H24N4OS/c1-3-24(4-2)9-5-10-25-15-7-6-14-12-18(21-17(14)13-15)19-20-16(22-23-19)8-11-26-20/h6-8,11-13,21H,3-5,9-10H2,1-2H3,(H,22,23). The van der Waals surface area contributed by atoms with Crippen LogP contribution in [-0.2, 0) is 0 Å². The number of thiophene rings is 1. The van der Waals surface area contributed by atoms with Crippen molar-refractivity contribution in [3.05, 3.63) is 35.7 Å². The molecule has 0 spiro atoms. The molecule has 0 aliphatic heterocycles. The number of hydrogen-bond donors (Lipinski definition) is 2. The summed E-state index contributed by atoms with van der Waals surface area (Å²) in [4.78, 5) is 5.90. The highest BCUT2D eigenvalue weighted by atomic mass is 32.1. The second kappa shape index (κ2) is 7.51. The number of hydrogen-bond acceptors (Lipinski definition) is 4. The van der Waals surface area contributed by atoms with Crippen LogP contribution in [-0.4, -0.2) is 46.3 Å². The largest absolute Gasteiger partial charge is 0.493 e. The minimum atomic E-state index is 0.741. The second-order valence-corrected chi connectivity index (χ2v) is 7.31. The fraction of sp³-hybridized carbons (Fsp3) is 0.350. The number of fused-ring (bicyclic) bond motifs is 2. The molecule has 0 saturated carbocycles. The Kier molecular flexibility index (Phi) is 4.95. The molecule has 136 valence electrons. The van der Waals surface area contributed by atoms with Gasteiger partial charge in [0, 0.05) is 23.5 Å². The Morgan fingerprint density at radius 2 is 2.00 bits per heavy atom. The van der Waals surface area contributed by atoms with E-state index in [1.165, 1.54) is 10.1 Å². The highest BCUT2D eigenvalue weighted by molar-refractivity contribution is 7.17. The number of aromatic nitrogens is 3. The first-order chi connectivity index (χ1) is 12.8. The molecule has 0 radical (unpaired) electrons. The number of nitrogens with zero attached hydrogens (tertiary/aromatic N) is 2. The number of nitrogens with one attached hydrogen (secondary N) is 2. The maximum Gasteiger partial charge on any atom is 0.126 e. The topological polar surface area (TPSA) is 56.9 Å². The van der Waals surface area contributed by atoms with Crippen LogP contribution >= 0.6 is 11.3 Å². The zero-order valence-electron chi connectivity index (χ0n) is 15.2. The molecule has 3 aromatic heterocycles. The van der Waals surface area contributed by atoms with Gasteiger partial charge in [-0.2, -0.15) is 5.10 Å². The van der Waals surface area contributed by atoms with Crippen LogP contribution in [0.3, 0.4) is 0 Å². The molecule has 0 unspecified atom stereocenters. The van der Waals surface area contributed by atoms with E-state index in [-0.39, 0.29) is 0 Å². The van der Waals surface area contributed by atoms with E-state index >= 15 is 0 Å². The van der Waals surface area contributed by atoms with Crippen molar-refractivity contribution in [2.24, 2.45) is 0 Å². The summed E-state index contributed by atoms with van der Waals surface area (Å²) in [5.74, 6) is 0.911. The predicted molar refractivity (Wildman–Crippen MR) is 109 cm³/mol. The first-order valence-corrected chi connectivity index (χ1v) is 10.1. The first-order valence-electron chi connectivity index (χ1n) is 9.18. The molecule has 26 heavy (non-hydrogen) atoms. The minimum absolute atomic E-state index is 0.741. The Bertz CT molecular complexity index is 996. The van der Waals surface area contributed by atoms with Gasteiger partial charge in [-0.15, -0.1) is 11.3 Å². The molecule has 0 fully saturated rings. The highest BCUT2D eigenvalue weighted by Crippen LogP contribution is 2.32. The zero-order chi connectivity index (χ0) is 17.9. The molecule has 3 heterocycles. The molecule has 0 saturated heterocycles. The molecule has 4 rings (SSSR count). The van der Waals surface area contributed by atoms with Gasteiger partial charge in [0.05, 0.1) is 22.5 Å². The molecule has 2 N–H and O–H groups in total. The van der Waals surface area contributed by atoms with Crippen LogP contribution in [0.1, 0.15) is 20.3 Å². The Morgan fingerprint density at radius 1 is 1.12 bits per heavy atom. The number of rotatable bonds is 8. The van der Waals surface area contributed by atoms with E-state index in [0.717, 1.165) is 60.8 Å². The summed E-state index contributed by atoms with van der Waals surface area (Å²) in [5, 5.41) is 10.8. The molecule has 1 aromatic carbocycles. The van der Waals surface area contributed by atoms with Gasteiger partial charge in [0.25, 0.3) is 0 Å². The lowest BCUT2D eigenvalue weighted by atomic mass is 10.2. The van der Waals surface area contributed by atoms with Gasteiger partial charge >= 0.3 is 0 Å². The van der Waals surface area contributed by atoms with Crippen molar-refractivity contribution in [3.63, 3.8) is 0 Å². The fourth-order valence-corrected chi connectivity index (χ4v) is 4.12. The summed E-state index contributed by atoms with van der Waals surface area (Å²) >= 11 is 1.71. The molecule has 6 heteroatoms. The molecule has 0 bridgehead atoms. The minimum Gasteiger partial charge on any atom is -0.493 e. The Hall–Kier alpha value is -2.31. The van der Waals surface area contributed by atoms with E-state index in [0.29, 0.717) is 0 Å². The Balaban J connectivity index is 1.47. The molecule has 5 nitrogen and oxygen atoms in total. The second-order valence-electron chi connectivity index (χ2n) is 6.40. The maximum absolute atomic E-state index is 5.94. The highest BCUT2D eigenvalue weighted by Gasteiger charge is 2.12. The van der Waals surface area contributed by atoms with Gasteiger partial charge in [0.1, 0.15) is 11.4 Å². The average Bonchev–Trinajstić information content (AvgIpc) is 3.36. The molecular formula is C20H24N4OS. The smallest absolute Gasteiger partial charge is 0.126 e. The molecule has 0 amide bonds. The van der Waals surface area contributed by atoms with Gasteiger partial charge in [-0.3, -0.25) is 5.10 Å². The molecule has 0 aliphatic rings. The molecule has 0 atom stereocenters. The van der Waals surface area contributed by atoms with Gasteiger partial charge in [-0.05, 0) is 49.2 Å². The third-order valence-corrected chi connectivity index (χ3v) is 5.72. The van der Waals surface area contributed by atoms with Crippen LogP contribution < -0.4 is 4.74 Å². The van der Waals surface area contributed by atoms with Crippen molar-refractivity contribution < 1.29 is 4.74 Å². The van der Waals surface area contributed by atoms with Gasteiger partial charge in [-0.25, -0.2) is 0 Å². The summed E-state index contributed by atoms with van der Waals surface area (Å²) in [6, 6.07) is 10.4. The normalized spacial score (nSPS) is 11.8. The van der Waals surface area contributed by atoms with E-state index in [4.69, 9.17) is 4.74 Å². The molecule has 0 aliphatic carbocycles. The van der Waals surface area contributed by atoms with Crippen molar-refractivity contribution in [2.45, 2.75) is 20.3 Å². The Labute approximate surface area is 157 Å². The summed E-state index contributed by atoms with van der Waals surface area (Å²) in [6.45, 7) is 8.41. The monoisotopic (exact) mass is 368 g/mol. The van der Waals surface area contributed by atoms with Gasteiger partial charge in [0.2, 0.25) is 0 Å². The van der Waals surface area contributed by atoms with Crippen molar-refractivity contribution >= 4 is 32.5 Å². The summed E-state index contributed by atoms with van der Waals surface area (Å²) in [7, 11) is 0. The van der Waals surface area contributed by atoms with Gasteiger partial charge in [0.15, 0.2) is 0 Å². The van der Waals surface area contributed by atoms with Crippen molar-refractivity contribution in [1.29, 1.82) is 0 Å². The van der Waals surface area contributed by atoms with Crippen molar-refractivity contribution in [1.82, 2.24) is 20.1 Å². The fourth-order valence-electron chi connectivity index (χ4n) is 3.27. The molecule has 4 aromatic rings. The quantitative estimate of drug-likeness (QED) is 0.436. The van der Waals surface area contributed by atoms with Crippen LogP contribution in [0.25, 0.3) is 32.5 Å². The number of H-pyrrole nitrogens is 2. The number of benzene rings is 1. The van der Waals surface area contributed by atoms with E-state index in [1.54, 1.807) is 11.3 Å². The lowest BCUT2D eigenvalue weighted by Gasteiger charge is -2.17. The maximum atomic E-state index is 5.94. The lowest BCUT2D eigenvalue weighted by Crippen LogP contribution is -2.25. The Morgan fingerprint density at radius 3 is 2.85 bits per heavy atom. The summed E-state index contributed by atoms with van der Waals surface area (Å²) in [5.41, 5.74) is 4.18. The van der Waals surface area contributed by atoms with E-state index in [9.17, 15) is 0 Å². The van der Waals surface area contributed by atoms with Crippen LogP contribution in [0.2, 0.25) is 0 Å². The zero-order valence-corrected chi connectivity index (χ0v) is 16.0. The summed E-state index contributed by atoms with van der Waals surface area (Å²) in [6.07, 6.45) is 1.04. The van der Waals surface area contributed by atoms with Crippen molar-refractivity contribution in [2.75, 3.05) is 26.2 Å². The van der Waals surface area contributed by atoms with E-state index < -0.39 is 0 Å². The van der Waals surface area contributed by atoms with Crippen LogP contribution in [0, 0.1) is 0 Å². The van der Waals surface area contributed by atoms with Crippen molar-refractivity contribution in [3.8, 4) is 17.1 Å². The predicted octanol–water partition coefficient (Wildman–Crippen LogP) is 4.88. The number of aromatic amines is 2. The molecular weight excluding hydrogens is 344 g/mol. The average molecular weight is 369 g/mol. The van der Waals surface area contributed by atoms with Gasteiger partial charge in [-0.1, -0.05) is 13.8 Å². The summed E-state index contributed by atoms with van der Waals surface area (Å²) < 4.78 is 7.13. The SMILES string of the molecule is CCN(CC)CCCOc1ccc2cc(-c3n[nH]c4ccsc34)[nH]c2c1. The van der Waals surface area contributed by atoms with Crippen LogP contribution in [0.4, 0.5) is 0 Å². The third kappa shape index (κ3) is 3.34. The lowest BCUT2D eigenvalue weighted by molar-refractivity contribution is 0.249. The van der Waals surface area contributed by atoms with E-state index in [1.807, 2.05) is 6.07 Å². The van der Waals surface area contributed by atoms with E-state index in [2.05, 4.69) is 63.6 Å². The van der Waals surface area contributed by atoms with Crippen LogP contribution in [0.5, 0.6) is 5.75 Å². The third-order valence-electron chi connectivity index (χ3n) is 4.80.